The van der Waals surface area contributed by atoms with E-state index >= 15 is 0 Å². The molecule has 0 aliphatic heterocycles. The van der Waals surface area contributed by atoms with E-state index < -0.39 is 133 Å². The maximum absolute atomic E-state index is 14.5. The van der Waals surface area contributed by atoms with Gasteiger partial charge in [0.15, 0.2) is 11.9 Å². The number of hydrogen-bond donors (Lipinski definition) is 19. The fourth-order valence-corrected chi connectivity index (χ4v) is 8.77. The molecule has 0 unspecified atom stereocenters. The van der Waals surface area contributed by atoms with Gasteiger partial charge in [0, 0.05) is 43.0 Å². The maximum atomic E-state index is 14.5. The number of rotatable bonds is 36. The van der Waals surface area contributed by atoms with Crippen molar-refractivity contribution >= 4 is 82.0 Å². The number of carbonyl (C=O) groups is 10. The van der Waals surface area contributed by atoms with Gasteiger partial charge in [0.2, 0.25) is 53.2 Å². The summed E-state index contributed by atoms with van der Waals surface area (Å²) in [5, 5.41) is 60.8. The number of aromatic hydroxyl groups is 2. The molecule has 9 atom stereocenters. The highest BCUT2D eigenvalue weighted by molar-refractivity contribution is 5.98. The van der Waals surface area contributed by atoms with Crippen molar-refractivity contribution in [2.75, 3.05) is 26.2 Å². The number of aliphatic hydroxyl groups is 1. The predicted molar refractivity (Wildman–Crippen MR) is 318 cm³/mol. The Labute approximate surface area is 500 Å². The Morgan fingerprint density at radius 2 is 1.03 bits per heavy atom. The predicted octanol–water partition coefficient (Wildman–Crippen LogP) is -4.45. The Kier molecular flexibility index (Phi) is 27.7. The van der Waals surface area contributed by atoms with Crippen molar-refractivity contribution in [3.05, 3.63) is 95.7 Å². The third-order valence-electron chi connectivity index (χ3n) is 13.7. The Balaban J connectivity index is 1.59. The number of benzene rings is 3. The number of fused-ring (bicyclic) bond motifs is 1. The summed E-state index contributed by atoms with van der Waals surface area (Å²) >= 11 is 0. The molecule has 31 heteroatoms. The Morgan fingerprint density at radius 3 is 1.54 bits per heavy atom. The van der Waals surface area contributed by atoms with Crippen molar-refractivity contribution in [2.24, 2.45) is 50.3 Å². The first-order chi connectivity index (χ1) is 41.3. The van der Waals surface area contributed by atoms with Gasteiger partial charge < -0.3 is 102 Å². The minimum atomic E-state index is -1.84. The van der Waals surface area contributed by atoms with Crippen LogP contribution < -0.4 is 76.9 Å². The number of primary amides is 1. The van der Waals surface area contributed by atoms with Gasteiger partial charge in [0.25, 0.3) is 0 Å². The van der Waals surface area contributed by atoms with Crippen LogP contribution in [0.4, 0.5) is 0 Å². The van der Waals surface area contributed by atoms with Crippen LogP contribution in [-0.4, -0.2) is 171 Å². The van der Waals surface area contributed by atoms with E-state index in [1.807, 2.05) is 24.3 Å². The van der Waals surface area contributed by atoms with E-state index in [4.69, 9.17) is 34.4 Å². The Bertz CT molecular complexity index is 3080. The Morgan fingerprint density at radius 1 is 0.563 bits per heavy atom. The number of nitrogens with zero attached hydrogens (tertiary/aromatic N) is 2. The summed E-state index contributed by atoms with van der Waals surface area (Å²) in [6.45, 7) is 1.54. The molecule has 87 heavy (non-hydrogen) atoms. The lowest BCUT2D eigenvalue weighted by Crippen LogP contribution is -2.61. The first kappa shape index (κ1) is 69.5. The molecule has 472 valence electrons. The van der Waals surface area contributed by atoms with Gasteiger partial charge >= 0.3 is 5.97 Å². The number of nitrogens with two attached hydrogens (primary N) is 6. The molecule has 0 aliphatic rings. The van der Waals surface area contributed by atoms with Gasteiger partial charge in [0.05, 0.1) is 25.6 Å². The number of nitrogens with one attached hydrogen (secondary N) is 9. The number of amides is 9. The molecule has 3 aromatic carbocycles. The zero-order valence-corrected chi connectivity index (χ0v) is 48.1. The van der Waals surface area contributed by atoms with E-state index in [-0.39, 0.29) is 81.5 Å². The van der Waals surface area contributed by atoms with Crippen LogP contribution in [0.5, 0.6) is 11.5 Å². The van der Waals surface area contributed by atoms with Crippen molar-refractivity contribution in [2.45, 2.75) is 120 Å². The third kappa shape index (κ3) is 23.5. The summed E-state index contributed by atoms with van der Waals surface area (Å²) in [6, 6.07) is 6.46. The highest BCUT2D eigenvalue weighted by atomic mass is 16.4. The van der Waals surface area contributed by atoms with Crippen LogP contribution in [0, 0.1) is 5.92 Å². The number of carboxylic acid groups (broad SMARTS) is 1. The lowest BCUT2D eigenvalue weighted by Gasteiger charge is -2.29. The molecule has 0 fully saturated rings. The van der Waals surface area contributed by atoms with Crippen molar-refractivity contribution < 1.29 is 68.4 Å². The van der Waals surface area contributed by atoms with Crippen LogP contribution in [0.15, 0.2) is 89.0 Å². The molecule has 4 aromatic rings. The highest BCUT2D eigenvalue weighted by Crippen LogP contribution is 2.20. The summed E-state index contributed by atoms with van der Waals surface area (Å²) in [5.74, 6) is -11.5. The van der Waals surface area contributed by atoms with Crippen molar-refractivity contribution in [1.29, 1.82) is 0 Å². The number of guanidine groups is 2. The fraction of sp³-hybridized carbons (Fsp3) is 0.429. The molecule has 9 amide bonds. The number of carboxylic acids is 1. The molecular formula is C56H79N17O14. The number of H-pyrrole nitrogens is 1. The lowest BCUT2D eigenvalue weighted by molar-refractivity contribution is -0.143. The quantitative estimate of drug-likeness (QED) is 0.0116. The van der Waals surface area contributed by atoms with Crippen LogP contribution >= 0.6 is 0 Å². The molecule has 0 saturated heterocycles. The second-order valence-electron chi connectivity index (χ2n) is 20.5. The molecular weight excluding hydrogens is 1130 g/mol. The van der Waals surface area contributed by atoms with Gasteiger partial charge in [0.1, 0.15) is 53.8 Å². The Hall–Kier alpha value is -10.0. The van der Waals surface area contributed by atoms with Crippen LogP contribution in [0.25, 0.3) is 10.9 Å². The SMILES string of the molecule is CC[C@H](C)[C@H](NC(=O)[C@H](CCCN=C(N)N)NC(=O)[C@@H](N)Cc1c[nH]c2ccccc12)C(=O)N[C@@H](Cc1ccc(O)cc1)C(=O)N[C@@H](CO)C(=O)N[C@@H](Cc1ccc(O)cc1)C(=O)N[C@@H](CCCN=C(N)N)C(=O)NCC(=O)N[C@@H](CC(N)=O)C(=O)O. The summed E-state index contributed by atoms with van der Waals surface area (Å²) in [4.78, 5) is 146. The molecule has 31 nitrogen and oxygen atoms in total. The normalized spacial score (nSPS) is 14.1. The topological polar surface area (TPSA) is 544 Å². The third-order valence-corrected chi connectivity index (χ3v) is 13.7. The number of aliphatic hydroxyl groups excluding tert-OH is 1. The van der Waals surface area contributed by atoms with Gasteiger partial charge in [-0.2, -0.15) is 0 Å². The lowest BCUT2D eigenvalue weighted by atomic mass is 9.96. The minimum Gasteiger partial charge on any atom is -0.508 e. The molecule has 0 bridgehead atoms. The number of phenolic OH excluding ortho intramolecular Hbond substituents is 2. The van der Waals surface area contributed by atoms with Crippen molar-refractivity contribution in [3.63, 3.8) is 0 Å². The van der Waals surface area contributed by atoms with E-state index in [1.54, 1.807) is 20.0 Å². The number of aromatic amines is 1. The number of phenols is 2. The van der Waals surface area contributed by atoms with Crippen molar-refractivity contribution in [1.82, 2.24) is 47.5 Å². The summed E-state index contributed by atoms with van der Waals surface area (Å²) in [6.07, 6.45) is 0.855. The van der Waals surface area contributed by atoms with Gasteiger partial charge in [-0.15, -0.1) is 0 Å². The highest BCUT2D eigenvalue weighted by Gasteiger charge is 2.36. The summed E-state index contributed by atoms with van der Waals surface area (Å²) in [5.41, 5.74) is 35.8. The molecule has 1 aromatic heterocycles. The second kappa shape index (κ2) is 34.7. The number of para-hydroxylation sites is 1. The van der Waals surface area contributed by atoms with Crippen molar-refractivity contribution in [3.8, 4) is 11.5 Å². The molecule has 0 spiro atoms. The fourth-order valence-electron chi connectivity index (χ4n) is 8.77. The van der Waals surface area contributed by atoms with Crippen LogP contribution in [0.3, 0.4) is 0 Å². The van der Waals surface area contributed by atoms with Crippen LogP contribution in [0.1, 0.15) is 69.1 Å². The van der Waals surface area contributed by atoms with Crippen LogP contribution in [-0.2, 0) is 67.2 Å². The van der Waals surface area contributed by atoms with Gasteiger partial charge in [-0.25, -0.2) is 4.79 Å². The zero-order valence-electron chi connectivity index (χ0n) is 48.1. The van der Waals surface area contributed by atoms with Crippen LogP contribution in [0.2, 0.25) is 0 Å². The molecule has 0 saturated carbocycles. The second-order valence-corrected chi connectivity index (χ2v) is 20.5. The number of aliphatic imine (C=N–C) groups is 2. The monoisotopic (exact) mass is 1210 g/mol. The number of aliphatic carboxylic acids is 1. The van der Waals surface area contributed by atoms with E-state index in [0.29, 0.717) is 17.5 Å². The zero-order chi connectivity index (χ0) is 64.3. The molecule has 0 radical (unpaired) electrons. The molecule has 0 aliphatic carbocycles. The first-order valence-electron chi connectivity index (χ1n) is 27.8. The standard InChI is InChI=1S/C56H79N17O14/c1-3-29(2)46(73-49(81)39(11-7-21-64-56(61)62)68-47(79)36(57)24-32-26-65-37-9-5-4-8-35(32)37)53(85)71-41(23-31-14-18-34(76)19-15-31)51(83)72-43(28-74)52(84)70-40(22-30-12-16-33(75)17-13-30)50(82)69-38(10-6-20-63-55(59)60)48(80)66-27-45(78)67-42(54(86)87)25-44(58)77/h4-5,8-9,12-19,26,29,36,38-43,46,65,74-76H,3,6-7,10-11,20-25,27-28,57H2,1-2H3,(H2,58,77)(H,66,80)(H,67,78)(H,68,79)(H,69,82)(H,70,84)(H,71,85)(H,72,83)(H,73,81)(H,86,87)(H4,59,60,63)(H4,61,62,64)/t29-,36-,38-,39-,40-,41-,42-,43-,46-/m0/s1. The summed E-state index contributed by atoms with van der Waals surface area (Å²) < 4.78 is 0. The average molecular weight is 1210 g/mol. The minimum absolute atomic E-state index is 0.00660. The van der Waals surface area contributed by atoms with E-state index in [1.165, 1.54) is 48.5 Å². The maximum Gasteiger partial charge on any atom is 0.326 e. The first-order valence-corrected chi connectivity index (χ1v) is 27.8. The molecule has 4 rings (SSSR count). The van der Waals surface area contributed by atoms with Gasteiger partial charge in [-0.3, -0.25) is 53.1 Å². The number of carbonyl (C=O) groups excluding carboxylic acids is 9. The average Bonchev–Trinajstić information content (AvgIpc) is 3.49. The van der Waals surface area contributed by atoms with Gasteiger partial charge in [-0.1, -0.05) is 62.7 Å². The molecule has 1 heterocycles. The smallest absolute Gasteiger partial charge is 0.326 e. The van der Waals surface area contributed by atoms with Gasteiger partial charge in [-0.05, 0) is 85.0 Å². The number of hydrogen-bond acceptors (Lipinski definition) is 16. The largest absolute Gasteiger partial charge is 0.508 e. The van der Waals surface area contributed by atoms with E-state index in [2.05, 4.69) is 57.5 Å². The number of aromatic nitrogens is 1. The van der Waals surface area contributed by atoms with E-state index in [9.17, 15) is 68.4 Å². The summed E-state index contributed by atoms with van der Waals surface area (Å²) in [7, 11) is 0. The molecule has 25 N–H and O–H groups in total. The van der Waals surface area contributed by atoms with E-state index in [0.717, 1.165) is 16.5 Å².